The van der Waals surface area contributed by atoms with Gasteiger partial charge in [-0.25, -0.2) is 9.78 Å². The van der Waals surface area contributed by atoms with Crippen molar-refractivity contribution in [2.75, 3.05) is 0 Å². The molecule has 0 bridgehead atoms. The minimum absolute atomic E-state index is 0. The van der Waals surface area contributed by atoms with Crippen LogP contribution in [0, 0.1) is 18.8 Å². The van der Waals surface area contributed by atoms with Gasteiger partial charge in [-0.2, -0.15) is 0 Å². The molecule has 125 valence electrons. The van der Waals surface area contributed by atoms with Gasteiger partial charge in [-0.05, 0) is 30.8 Å². The van der Waals surface area contributed by atoms with Crippen molar-refractivity contribution in [1.82, 2.24) is 9.97 Å². The van der Waals surface area contributed by atoms with Crippen LogP contribution in [0.15, 0.2) is 60.9 Å². The van der Waals surface area contributed by atoms with Gasteiger partial charge in [0.05, 0.1) is 0 Å². The number of nitrogens with zero attached hydrogens (tertiary/aromatic N) is 2. The predicted molar refractivity (Wildman–Crippen MR) is 84.4 cm³/mol. The van der Waals surface area contributed by atoms with Gasteiger partial charge < -0.3 is 10.1 Å². The SMILES string of the molecule is Cc1ccnc(-c2[c-]cc(F)cc2)c1.O=C(O)c1ccccn1.[Ir]. The Morgan fingerprint density at radius 2 is 1.92 bits per heavy atom. The quantitative estimate of drug-likeness (QED) is 0.543. The van der Waals surface area contributed by atoms with E-state index in [4.69, 9.17) is 5.11 Å². The third-order valence-corrected chi connectivity index (χ3v) is 2.85. The molecule has 2 aromatic heterocycles. The van der Waals surface area contributed by atoms with Crippen molar-refractivity contribution in [3.05, 3.63) is 84.1 Å². The first-order valence-corrected chi connectivity index (χ1v) is 6.81. The smallest absolute Gasteiger partial charge is 0.354 e. The minimum Gasteiger partial charge on any atom is -0.477 e. The van der Waals surface area contributed by atoms with Crippen molar-refractivity contribution >= 4 is 5.97 Å². The molecule has 24 heavy (non-hydrogen) atoms. The monoisotopic (exact) mass is 502 g/mol. The molecule has 1 N–H and O–H groups in total. The summed E-state index contributed by atoms with van der Waals surface area (Å²) in [6.07, 6.45) is 3.19. The maximum absolute atomic E-state index is 12.6. The summed E-state index contributed by atoms with van der Waals surface area (Å²) in [5.74, 6) is -1.27. The third kappa shape index (κ3) is 5.99. The van der Waals surface area contributed by atoms with Crippen molar-refractivity contribution in [3.8, 4) is 11.3 Å². The van der Waals surface area contributed by atoms with Crippen LogP contribution in [0.1, 0.15) is 16.1 Å². The number of aromatic carboxylic acids is 1. The topological polar surface area (TPSA) is 63.1 Å². The normalized spacial score (nSPS) is 9.25. The molecule has 0 atom stereocenters. The molecular formula is C18H14FIrN2O2-. The van der Waals surface area contributed by atoms with E-state index >= 15 is 0 Å². The number of aromatic nitrogens is 2. The molecule has 2 heterocycles. The maximum Gasteiger partial charge on any atom is 0.354 e. The molecule has 3 aromatic rings. The molecule has 0 amide bonds. The second-order valence-corrected chi connectivity index (χ2v) is 4.66. The Hall–Kier alpha value is -2.43. The molecule has 0 spiro atoms. The Labute approximate surface area is 152 Å². The van der Waals surface area contributed by atoms with E-state index in [1.165, 1.54) is 24.4 Å². The van der Waals surface area contributed by atoms with Crippen LogP contribution in [-0.2, 0) is 20.1 Å². The second-order valence-electron chi connectivity index (χ2n) is 4.66. The Balaban J connectivity index is 0.000000252. The first-order valence-electron chi connectivity index (χ1n) is 6.81. The Morgan fingerprint density at radius 3 is 2.42 bits per heavy atom. The summed E-state index contributed by atoms with van der Waals surface area (Å²) >= 11 is 0. The van der Waals surface area contributed by atoms with Crippen molar-refractivity contribution < 1.29 is 34.4 Å². The fourth-order valence-electron chi connectivity index (χ4n) is 1.74. The van der Waals surface area contributed by atoms with Crippen LogP contribution in [0.4, 0.5) is 4.39 Å². The summed E-state index contributed by atoms with van der Waals surface area (Å²) in [5, 5.41) is 8.32. The van der Waals surface area contributed by atoms with E-state index < -0.39 is 5.97 Å². The first kappa shape index (κ1) is 19.6. The van der Waals surface area contributed by atoms with Crippen molar-refractivity contribution in [1.29, 1.82) is 0 Å². The second kappa shape index (κ2) is 9.65. The van der Waals surface area contributed by atoms with Crippen LogP contribution < -0.4 is 0 Å². The Kier molecular flexibility index (Phi) is 7.89. The molecule has 1 aromatic carbocycles. The molecule has 0 aliphatic carbocycles. The zero-order chi connectivity index (χ0) is 16.7. The van der Waals surface area contributed by atoms with E-state index in [-0.39, 0.29) is 31.6 Å². The number of aryl methyl sites for hydroxylation is 1. The average molecular weight is 502 g/mol. The molecule has 6 heteroatoms. The number of rotatable bonds is 2. The molecule has 1 radical (unpaired) electrons. The molecule has 0 aliphatic heterocycles. The number of hydrogen-bond donors (Lipinski definition) is 1. The van der Waals surface area contributed by atoms with E-state index in [0.717, 1.165) is 16.8 Å². The van der Waals surface area contributed by atoms with Crippen LogP contribution >= 0.6 is 0 Å². The Morgan fingerprint density at radius 1 is 1.12 bits per heavy atom. The van der Waals surface area contributed by atoms with Gasteiger partial charge >= 0.3 is 5.97 Å². The molecule has 4 nitrogen and oxygen atoms in total. The molecule has 0 unspecified atom stereocenters. The number of carboxylic acids is 1. The first-order chi connectivity index (χ1) is 11.1. The van der Waals surface area contributed by atoms with Crippen molar-refractivity contribution in [3.63, 3.8) is 0 Å². The number of pyridine rings is 2. The standard InChI is InChI=1S/C12H9FN.C6H5NO2.Ir/c1-9-6-7-14-12(8-9)10-2-4-11(13)5-3-10;8-6(9)5-3-1-2-4-7-5;/h2,4-8H,1H3;1-4H,(H,8,9);/q-1;;. The van der Waals surface area contributed by atoms with E-state index in [1.807, 2.05) is 19.1 Å². The number of benzene rings is 1. The molecule has 3 rings (SSSR count). The summed E-state index contributed by atoms with van der Waals surface area (Å²) < 4.78 is 12.6. The largest absolute Gasteiger partial charge is 0.477 e. The van der Waals surface area contributed by atoms with Crippen LogP contribution in [0.2, 0.25) is 0 Å². The van der Waals surface area contributed by atoms with E-state index in [2.05, 4.69) is 16.0 Å². The number of halogens is 1. The van der Waals surface area contributed by atoms with Crippen LogP contribution in [0.5, 0.6) is 0 Å². The summed E-state index contributed by atoms with van der Waals surface area (Å²) in [5.41, 5.74) is 2.85. The number of carboxylic acid groups (broad SMARTS) is 1. The van der Waals surface area contributed by atoms with E-state index in [0.29, 0.717) is 0 Å². The van der Waals surface area contributed by atoms with Gasteiger partial charge in [-0.15, -0.1) is 29.8 Å². The van der Waals surface area contributed by atoms with Gasteiger partial charge in [-0.1, -0.05) is 17.7 Å². The van der Waals surface area contributed by atoms with E-state index in [9.17, 15) is 9.18 Å². The Bertz CT molecular complexity index is 781. The summed E-state index contributed by atoms with van der Waals surface area (Å²) in [6, 6.07) is 15.9. The van der Waals surface area contributed by atoms with Crippen LogP contribution in [0.25, 0.3) is 11.3 Å². The van der Waals surface area contributed by atoms with Crippen molar-refractivity contribution in [2.24, 2.45) is 0 Å². The van der Waals surface area contributed by atoms with Crippen molar-refractivity contribution in [2.45, 2.75) is 6.92 Å². The van der Waals surface area contributed by atoms with Gasteiger partial charge in [0.25, 0.3) is 0 Å². The zero-order valence-corrected chi connectivity index (χ0v) is 15.1. The minimum atomic E-state index is -0.990. The number of hydrogen-bond acceptors (Lipinski definition) is 3. The van der Waals surface area contributed by atoms with E-state index in [1.54, 1.807) is 24.4 Å². The van der Waals surface area contributed by atoms with Gasteiger partial charge in [0.2, 0.25) is 0 Å². The van der Waals surface area contributed by atoms with Crippen LogP contribution in [-0.4, -0.2) is 21.0 Å². The van der Waals surface area contributed by atoms with Gasteiger partial charge in [-0.3, -0.25) is 4.39 Å². The molecule has 0 saturated heterocycles. The molecule has 0 fully saturated rings. The summed E-state index contributed by atoms with van der Waals surface area (Å²) in [6.45, 7) is 1.99. The average Bonchev–Trinajstić information content (AvgIpc) is 2.57. The van der Waals surface area contributed by atoms with Crippen LogP contribution in [0.3, 0.4) is 0 Å². The van der Waals surface area contributed by atoms with Gasteiger partial charge in [0.1, 0.15) is 5.69 Å². The zero-order valence-electron chi connectivity index (χ0n) is 12.7. The van der Waals surface area contributed by atoms with Gasteiger partial charge in [0.15, 0.2) is 0 Å². The predicted octanol–water partition coefficient (Wildman–Crippen LogP) is 3.77. The third-order valence-electron chi connectivity index (χ3n) is 2.85. The fourth-order valence-corrected chi connectivity index (χ4v) is 1.74. The molecule has 0 saturated carbocycles. The van der Waals surface area contributed by atoms with Gasteiger partial charge in [0, 0.05) is 38.3 Å². The summed E-state index contributed by atoms with van der Waals surface area (Å²) in [4.78, 5) is 17.9. The maximum atomic E-state index is 12.6. The molecular weight excluding hydrogens is 487 g/mol. The molecule has 0 aliphatic rings. The fraction of sp³-hybridized carbons (Fsp3) is 0.0556. The number of carbonyl (C=O) groups is 1. The summed E-state index contributed by atoms with van der Waals surface area (Å²) in [7, 11) is 0.